The van der Waals surface area contributed by atoms with Crippen LogP contribution in [0.4, 0.5) is 4.39 Å². The number of rotatable bonds is 5. The highest BCUT2D eigenvalue weighted by molar-refractivity contribution is 7.12. The number of thiophene rings is 1. The number of imide groups is 1. The van der Waals surface area contributed by atoms with Crippen LogP contribution in [0.25, 0.3) is 0 Å². The number of carbonyl (C=O) groups is 3. The zero-order chi connectivity index (χ0) is 15.9. The molecule has 0 unspecified atom stereocenters. The highest BCUT2D eigenvalue weighted by Gasteiger charge is 2.14. The van der Waals surface area contributed by atoms with E-state index in [9.17, 15) is 18.8 Å². The van der Waals surface area contributed by atoms with Crippen LogP contribution in [-0.2, 0) is 20.7 Å². The molecule has 1 aromatic heterocycles. The molecular formula is C15H12FNO4S. The lowest BCUT2D eigenvalue weighted by atomic mass is 10.1. The van der Waals surface area contributed by atoms with Gasteiger partial charge in [-0.25, -0.2) is 4.39 Å². The zero-order valence-corrected chi connectivity index (χ0v) is 12.2. The number of hydrogen-bond donors (Lipinski definition) is 1. The monoisotopic (exact) mass is 321 g/mol. The number of amides is 2. The van der Waals surface area contributed by atoms with Crippen LogP contribution in [0.2, 0.25) is 0 Å². The molecule has 22 heavy (non-hydrogen) atoms. The van der Waals surface area contributed by atoms with Crippen LogP contribution < -0.4 is 5.32 Å². The number of ether oxygens (including phenoxy) is 1. The van der Waals surface area contributed by atoms with Crippen molar-refractivity contribution in [1.82, 2.24) is 5.32 Å². The first kappa shape index (κ1) is 15.8. The minimum absolute atomic E-state index is 0.183. The first-order valence-corrected chi connectivity index (χ1v) is 7.21. The molecule has 0 aliphatic carbocycles. The fraction of sp³-hybridized carbons (Fsp3) is 0.133. The van der Waals surface area contributed by atoms with Gasteiger partial charge in [-0.1, -0.05) is 24.3 Å². The molecule has 2 rings (SSSR count). The number of nitrogens with one attached hydrogen (secondary N) is 1. The van der Waals surface area contributed by atoms with Crippen LogP contribution in [0.15, 0.2) is 41.8 Å². The lowest BCUT2D eigenvalue weighted by Crippen LogP contribution is -2.33. The minimum Gasteiger partial charge on any atom is -0.455 e. The van der Waals surface area contributed by atoms with E-state index in [-0.39, 0.29) is 12.0 Å². The van der Waals surface area contributed by atoms with Gasteiger partial charge in [-0.05, 0) is 23.1 Å². The average molecular weight is 321 g/mol. The van der Waals surface area contributed by atoms with Gasteiger partial charge in [0.1, 0.15) is 5.82 Å². The van der Waals surface area contributed by atoms with Crippen molar-refractivity contribution in [2.45, 2.75) is 6.42 Å². The molecule has 0 fully saturated rings. The summed E-state index contributed by atoms with van der Waals surface area (Å²) in [6, 6.07) is 9.04. The Hall–Kier alpha value is -2.54. The van der Waals surface area contributed by atoms with Crippen LogP contribution in [-0.4, -0.2) is 24.4 Å². The van der Waals surface area contributed by atoms with Crippen molar-refractivity contribution in [3.8, 4) is 0 Å². The van der Waals surface area contributed by atoms with Gasteiger partial charge >= 0.3 is 5.97 Å². The quantitative estimate of drug-likeness (QED) is 0.854. The normalized spacial score (nSPS) is 10.0. The summed E-state index contributed by atoms with van der Waals surface area (Å²) in [5.74, 6) is -2.55. The summed E-state index contributed by atoms with van der Waals surface area (Å²) in [6.07, 6.45) is -0.279. The molecule has 5 nitrogen and oxygen atoms in total. The van der Waals surface area contributed by atoms with Gasteiger partial charge in [0.05, 0.1) is 11.3 Å². The second-order valence-corrected chi connectivity index (χ2v) is 5.23. The van der Waals surface area contributed by atoms with Crippen molar-refractivity contribution >= 4 is 29.1 Å². The van der Waals surface area contributed by atoms with E-state index in [2.05, 4.69) is 5.32 Å². The average Bonchev–Trinajstić information content (AvgIpc) is 3.02. The van der Waals surface area contributed by atoms with E-state index in [0.29, 0.717) is 4.88 Å². The number of esters is 1. The summed E-state index contributed by atoms with van der Waals surface area (Å²) < 4.78 is 18.1. The summed E-state index contributed by atoms with van der Waals surface area (Å²) in [4.78, 5) is 35.0. The summed E-state index contributed by atoms with van der Waals surface area (Å²) in [7, 11) is 0. The maximum absolute atomic E-state index is 13.3. The highest BCUT2D eigenvalue weighted by Crippen LogP contribution is 2.08. The minimum atomic E-state index is -0.746. The van der Waals surface area contributed by atoms with E-state index >= 15 is 0 Å². The molecule has 2 aromatic rings. The lowest BCUT2D eigenvalue weighted by molar-refractivity contribution is -0.147. The van der Waals surface area contributed by atoms with Crippen molar-refractivity contribution < 1.29 is 23.5 Å². The van der Waals surface area contributed by atoms with E-state index in [1.165, 1.54) is 29.5 Å². The molecule has 2 amide bonds. The van der Waals surface area contributed by atoms with Crippen LogP contribution in [0, 0.1) is 5.82 Å². The van der Waals surface area contributed by atoms with Crippen LogP contribution >= 0.6 is 11.3 Å². The summed E-state index contributed by atoms with van der Waals surface area (Å²) in [5, 5.41) is 3.80. The van der Waals surface area contributed by atoms with E-state index in [4.69, 9.17) is 4.74 Å². The van der Waals surface area contributed by atoms with Gasteiger partial charge in [0.15, 0.2) is 6.61 Å². The maximum atomic E-state index is 13.3. The highest BCUT2D eigenvalue weighted by atomic mass is 32.1. The summed E-state index contributed by atoms with van der Waals surface area (Å²) in [5.41, 5.74) is 0.183. The van der Waals surface area contributed by atoms with Crippen LogP contribution in [0.3, 0.4) is 0 Å². The third-order valence-electron chi connectivity index (χ3n) is 2.65. The van der Waals surface area contributed by atoms with Gasteiger partial charge in [0, 0.05) is 0 Å². The number of halogens is 1. The Balaban J connectivity index is 1.77. The second-order valence-electron chi connectivity index (χ2n) is 4.28. The van der Waals surface area contributed by atoms with Crippen LogP contribution in [0.1, 0.15) is 15.2 Å². The Morgan fingerprint density at radius 3 is 2.59 bits per heavy atom. The first-order valence-electron chi connectivity index (χ1n) is 6.33. The van der Waals surface area contributed by atoms with Gasteiger partial charge in [-0.2, -0.15) is 0 Å². The predicted molar refractivity (Wildman–Crippen MR) is 77.9 cm³/mol. The summed E-state index contributed by atoms with van der Waals surface area (Å²) >= 11 is 1.19. The third kappa shape index (κ3) is 4.49. The van der Waals surface area contributed by atoms with Gasteiger partial charge in [-0.3, -0.25) is 19.7 Å². The number of benzene rings is 1. The zero-order valence-electron chi connectivity index (χ0n) is 11.4. The molecule has 0 spiro atoms. The van der Waals surface area contributed by atoms with Crippen molar-refractivity contribution in [3.63, 3.8) is 0 Å². The molecule has 0 atom stereocenters. The molecule has 0 bridgehead atoms. The Labute approximate surface area is 129 Å². The van der Waals surface area contributed by atoms with E-state index in [0.717, 1.165) is 0 Å². The Bertz CT molecular complexity index is 685. The number of hydrogen-bond acceptors (Lipinski definition) is 5. The van der Waals surface area contributed by atoms with Crippen molar-refractivity contribution in [1.29, 1.82) is 0 Å². The van der Waals surface area contributed by atoms with Gasteiger partial charge in [0.25, 0.3) is 11.8 Å². The molecule has 0 saturated heterocycles. The largest absolute Gasteiger partial charge is 0.455 e. The predicted octanol–water partition coefficient (Wildman–Crippen LogP) is 1.93. The molecule has 1 N–H and O–H groups in total. The van der Waals surface area contributed by atoms with Crippen molar-refractivity contribution in [2.75, 3.05) is 6.61 Å². The smallest absolute Gasteiger partial charge is 0.310 e. The fourth-order valence-electron chi connectivity index (χ4n) is 1.63. The van der Waals surface area contributed by atoms with Crippen molar-refractivity contribution in [3.05, 3.63) is 58.0 Å². The molecule has 0 radical (unpaired) electrons. The second kappa shape index (κ2) is 7.46. The molecule has 0 aliphatic rings. The van der Waals surface area contributed by atoms with E-state index in [1.807, 2.05) is 0 Å². The third-order valence-corrected chi connectivity index (χ3v) is 3.52. The first-order chi connectivity index (χ1) is 10.6. The standard InChI is InChI=1S/C15H12FNO4S/c16-11-5-2-1-4-10(11)8-14(19)21-9-13(18)17-15(20)12-6-3-7-22-12/h1-7H,8-9H2,(H,17,18,20). The van der Waals surface area contributed by atoms with E-state index in [1.54, 1.807) is 23.6 Å². The Kier molecular flexibility index (Phi) is 5.37. The topological polar surface area (TPSA) is 72.5 Å². The maximum Gasteiger partial charge on any atom is 0.310 e. The molecule has 114 valence electrons. The molecular weight excluding hydrogens is 309 g/mol. The Morgan fingerprint density at radius 1 is 1.14 bits per heavy atom. The SMILES string of the molecule is O=C(COC(=O)Cc1ccccc1F)NC(=O)c1cccs1. The van der Waals surface area contributed by atoms with Crippen molar-refractivity contribution in [2.24, 2.45) is 0 Å². The van der Waals surface area contributed by atoms with E-state index < -0.39 is 30.2 Å². The lowest BCUT2D eigenvalue weighted by Gasteiger charge is -2.05. The number of carbonyl (C=O) groups excluding carboxylic acids is 3. The Morgan fingerprint density at radius 2 is 1.91 bits per heavy atom. The molecule has 1 heterocycles. The molecule has 7 heteroatoms. The van der Waals surface area contributed by atoms with Crippen LogP contribution in [0.5, 0.6) is 0 Å². The van der Waals surface area contributed by atoms with Gasteiger partial charge in [0.2, 0.25) is 0 Å². The summed E-state index contributed by atoms with van der Waals surface area (Å²) in [6.45, 7) is -0.593. The van der Waals surface area contributed by atoms with Gasteiger partial charge < -0.3 is 4.74 Å². The molecule has 0 aliphatic heterocycles. The molecule has 1 aromatic carbocycles. The van der Waals surface area contributed by atoms with Gasteiger partial charge in [-0.15, -0.1) is 11.3 Å². The fourth-order valence-corrected chi connectivity index (χ4v) is 2.25. The molecule has 0 saturated carbocycles.